The summed E-state index contributed by atoms with van der Waals surface area (Å²) in [5, 5.41) is 7.05. The van der Waals surface area contributed by atoms with Gasteiger partial charge in [-0.2, -0.15) is 0 Å². The fourth-order valence-corrected chi connectivity index (χ4v) is 3.70. The van der Waals surface area contributed by atoms with E-state index >= 15 is 4.39 Å². The first-order valence-electron chi connectivity index (χ1n) is 9.54. The number of pyridine rings is 1. The van der Waals surface area contributed by atoms with E-state index in [1.54, 1.807) is 23.6 Å². The first-order chi connectivity index (χ1) is 14.8. The van der Waals surface area contributed by atoms with E-state index in [0.717, 1.165) is 11.1 Å². The second kappa shape index (κ2) is 7.71. The average molecular weight is 421 g/mol. The molecular formula is C23H20FN3O4. The molecule has 8 heteroatoms. The molecule has 7 nitrogen and oxygen atoms in total. The van der Waals surface area contributed by atoms with Crippen molar-refractivity contribution in [1.82, 2.24) is 9.72 Å². The molecule has 0 saturated heterocycles. The van der Waals surface area contributed by atoms with Gasteiger partial charge < -0.3 is 19.1 Å². The minimum absolute atomic E-state index is 0.158. The van der Waals surface area contributed by atoms with Crippen LogP contribution in [0.25, 0.3) is 27.7 Å². The molecule has 1 amide bonds. The van der Waals surface area contributed by atoms with Crippen molar-refractivity contribution in [3.63, 3.8) is 0 Å². The average Bonchev–Trinajstić information content (AvgIpc) is 3.07. The Bertz CT molecular complexity index is 1370. The highest BCUT2D eigenvalue weighted by molar-refractivity contribution is 5.91. The first kappa shape index (κ1) is 20.3. The number of nitrogens with one attached hydrogen (secondary N) is 1. The van der Waals surface area contributed by atoms with Crippen molar-refractivity contribution in [2.45, 2.75) is 20.8 Å². The summed E-state index contributed by atoms with van der Waals surface area (Å²) >= 11 is 0. The Morgan fingerprint density at radius 3 is 2.61 bits per heavy atom. The summed E-state index contributed by atoms with van der Waals surface area (Å²) in [7, 11) is 1.39. The van der Waals surface area contributed by atoms with E-state index < -0.39 is 5.82 Å². The smallest absolute Gasteiger partial charge is 0.221 e. The second-order valence-corrected chi connectivity index (χ2v) is 7.17. The Labute approximate surface area is 177 Å². The molecule has 2 heterocycles. The van der Waals surface area contributed by atoms with Crippen LogP contribution in [0.5, 0.6) is 5.75 Å². The zero-order chi connectivity index (χ0) is 22.3. The predicted molar refractivity (Wildman–Crippen MR) is 115 cm³/mol. The maximum absolute atomic E-state index is 15.1. The Balaban J connectivity index is 2.00. The van der Waals surface area contributed by atoms with Gasteiger partial charge in [0.05, 0.1) is 29.7 Å². The van der Waals surface area contributed by atoms with E-state index in [1.807, 2.05) is 13.0 Å². The molecule has 2 aromatic carbocycles. The number of hydrogen-bond acceptors (Lipinski definition) is 5. The van der Waals surface area contributed by atoms with Gasteiger partial charge >= 0.3 is 0 Å². The molecule has 31 heavy (non-hydrogen) atoms. The Kier molecular flexibility index (Phi) is 5.06. The van der Waals surface area contributed by atoms with Gasteiger partial charge in [-0.15, -0.1) is 0 Å². The molecule has 0 saturated carbocycles. The quantitative estimate of drug-likeness (QED) is 0.529. The number of ether oxygens (including phenoxy) is 1. The molecular weight excluding hydrogens is 401 g/mol. The molecule has 0 unspecified atom stereocenters. The number of aryl methyl sites for hydroxylation is 2. The lowest BCUT2D eigenvalue weighted by atomic mass is 10.0. The third kappa shape index (κ3) is 3.56. The topological polar surface area (TPSA) is 86.4 Å². The van der Waals surface area contributed by atoms with Gasteiger partial charge in [0.1, 0.15) is 11.5 Å². The van der Waals surface area contributed by atoms with Gasteiger partial charge in [0, 0.05) is 36.2 Å². The number of carbonyl (C=O) groups is 1. The van der Waals surface area contributed by atoms with E-state index in [0.29, 0.717) is 28.0 Å². The molecule has 2 aromatic heterocycles. The van der Waals surface area contributed by atoms with E-state index in [-0.39, 0.29) is 22.8 Å². The van der Waals surface area contributed by atoms with E-state index in [4.69, 9.17) is 9.26 Å². The third-order valence-electron chi connectivity index (χ3n) is 5.06. The van der Waals surface area contributed by atoms with Gasteiger partial charge in [-0.05, 0) is 37.6 Å². The van der Waals surface area contributed by atoms with Crippen LogP contribution in [-0.2, 0) is 4.79 Å². The van der Waals surface area contributed by atoms with Crippen LogP contribution >= 0.6 is 0 Å². The largest absolute Gasteiger partial charge is 0.494 e. The molecule has 0 atom stereocenters. The Morgan fingerprint density at radius 1 is 1.19 bits per heavy atom. The number of aromatic nitrogens is 2. The lowest BCUT2D eigenvalue weighted by Crippen LogP contribution is -2.11. The predicted octanol–water partition coefficient (Wildman–Crippen LogP) is 4.37. The molecule has 0 bridgehead atoms. The number of halogens is 1. The van der Waals surface area contributed by atoms with Gasteiger partial charge in [-0.3, -0.25) is 9.59 Å². The van der Waals surface area contributed by atoms with Crippen molar-refractivity contribution in [2.75, 3.05) is 12.4 Å². The maximum Gasteiger partial charge on any atom is 0.221 e. The van der Waals surface area contributed by atoms with Crippen LogP contribution in [0.15, 0.2) is 51.9 Å². The monoisotopic (exact) mass is 421 g/mol. The third-order valence-corrected chi connectivity index (χ3v) is 5.06. The number of fused-ring (bicyclic) bond motifs is 1. The van der Waals surface area contributed by atoms with Crippen molar-refractivity contribution >= 4 is 22.5 Å². The minimum Gasteiger partial charge on any atom is -0.494 e. The number of amides is 1. The van der Waals surface area contributed by atoms with Crippen molar-refractivity contribution in [3.05, 3.63) is 70.1 Å². The number of methoxy groups -OCH3 is 1. The van der Waals surface area contributed by atoms with Crippen molar-refractivity contribution in [1.29, 1.82) is 0 Å². The highest BCUT2D eigenvalue weighted by atomic mass is 19.1. The van der Waals surface area contributed by atoms with Crippen molar-refractivity contribution < 1.29 is 18.4 Å². The van der Waals surface area contributed by atoms with Crippen LogP contribution in [-0.4, -0.2) is 22.7 Å². The first-order valence-corrected chi connectivity index (χ1v) is 9.54. The van der Waals surface area contributed by atoms with E-state index in [1.165, 1.54) is 38.4 Å². The highest BCUT2D eigenvalue weighted by Crippen LogP contribution is 2.33. The summed E-state index contributed by atoms with van der Waals surface area (Å²) in [6.07, 6.45) is 1.50. The van der Waals surface area contributed by atoms with Gasteiger partial charge in [0.2, 0.25) is 5.91 Å². The zero-order valence-corrected chi connectivity index (χ0v) is 17.4. The molecule has 0 spiro atoms. The molecule has 4 aromatic rings. The second-order valence-electron chi connectivity index (χ2n) is 7.17. The van der Waals surface area contributed by atoms with Crippen LogP contribution in [0.1, 0.15) is 18.4 Å². The number of nitrogens with zero attached hydrogens (tertiary/aromatic N) is 2. The number of hydrogen-bond donors (Lipinski definition) is 1. The summed E-state index contributed by atoms with van der Waals surface area (Å²) < 4.78 is 27.1. The maximum atomic E-state index is 15.1. The summed E-state index contributed by atoms with van der Waals surface area (Å²) in [5.74, 6) is -0.0524. The van der Waals surface area contributed by atoms with Crippen molar-refractivity contribution in [3.8, 4) is 22.6 Å². The van der Waals surface area contributed by atoms with Gasteiger partial charge in [-0.25, -0.2) is 4.39 Å². The van der Waals surface area contributed by atoms with E-state index in [2.05, 4.69) is 10.5 Å². The molecule has 0 aliphatic carbocycles. The fourth-order valence-electron chi connectivity index (χ4n) is 3.70. The van der Waals surface area contributed by atoms with Gasteiger partial charge in [-0.1, -0.05) is 11.2 Å². The lowest BCUT2D eigenvalue weighted by molar-refractivity contribution is -0.114. The highest BCUT2D eigenvalue weighted by Gasteiger charge is 2.17. The fraction of sp³-hybridized carbons (Fsp3) is 0.174. The van der Waals surface area contributed by atoms with Crippen LogP contribution in [0, 0.1) is 19.7 Å². The number of rotatable bonds is 4. The molecule has 0 aliphatic rings. The zero-order valence-electron chi connectivity index (χ0n) is 17.4. The standard InChI is InChI=1S/C23H20FN3O4/c1-12-23(13(2)31-26-12)15-5-6-16-19(9-15)27(8-7-21(16)29)20-11-18(25-14(3)28)22(30-4)10-17(20)24/h5-11H,1-4H3,(H,25,28). The van der Waals surface area contributed by atoms with Gasteiger partial charge in [0.25, 0.3) is 0 Å². The Morgan fingerprint density at radius 2 is 1.97 bits per heavy atom. The van der Waals surface area contributed by atoms with Crippen LogP contribution in [0.4, 0.5) is 10.1 Å². The number of anilines is 1. The summed E-state index contributed by atoms with van der Waals surface area (Å²) in [6.45, 7) is 4.99. The lowest BCUT2D eigenvalue weighted by Gasteiger charge is -2.16. The van der Waals surface area contributed by atoms with Gasteiger partial charge in [0.15, 0.2) is 11.2 Å². The van der Waals surface area contributed by atoms with Crippen LogP contribution < -0.4 is 15.5 Å². The van der Waals surface area contributed by atoms with Crippen LogP contribution in [0.3, 0.4) is 0 Å². The minimum atomic E-state index is -0.571. The summed E-state index contributed by atoms with van der Waals surface area (Å²) in [6, 6.07) is 9.36. The molecule has 0 radical (unpaired) electrons. The van der Waals surface area contributed by atoms with Crippen LogP contribution in [0.2, 0.25) is 0 Å². The summed E-state index contributed by atoms with van der Waals surface area (Å²) in [5.41, 5.74) is 3.12. The number of benzene rings is 2. The number of carbonyl (C=O) groups excluding carboxylic acids is 1. The van der Waals surface area contributed by atoms with Crippen molar-refractivity contribution in [2.24, 2.45) is 0 Å². The van der Waals surface area contributed by atoms with E-state index in [9.17, 15) is 9.59 Å². The SMILES string of the molecule is COc1cc(F)c(-n2ccc(=O)c3ccc(-c4c(C)noc4C)cc32)cc1NC(C)=O. The molecule has 0 fully saturated rings. The molecule has 4 rings (SSSR count). The molecule has 158 valence electrons. The Hall–Kier alpha value is -3.94. The summed E-state index contributed by atoms with van der Waals surface area (Å²) in [4.78, 5) is 24.1. The molecule has 1 N–H and O–H groups in total. The molecule has 0 aliphatic heterocycles. The normalized spacial score (nSPS) is 11.0.